The average molecular weight is 215 g/mol. The van der Waals surface area contributed by atoms with Gasteiger partial charge in [-0.3, -0.25) is 9.78 Å². The van der Waals surface area contributed by atoms with Crippen LogP contribution in [-0.2, 0) is 11.2 Å². The van der Waals surface area contributed by atoms with Gasteiger partial charge in [0.05, 0.1) is 5.52 Å². The molecule has 0 aliphatic heterocycles. The Labute approximate surface area is 93.7 Å². The summed E-state index contributed by atoms with van der Waals surface area (Å²) in [5, 5.41) is 9.71. The lowest BCUT2D eigenvalue weighted by molar-refractivity contribution is -0.137. The number of carboxylic acids is 1. The normalized spacial score (nSPS) is 10.5. The largest absolute Gasteiger partial charge is 0.481 e. The molecule has 0 radical (unpaired) electrons. The molecule has 1 aromatic carbocycles. The Balaban J connectivity index is 2.20. The molecule has 0 atom stereocenters. The number of carboxylic acid groups (broad SMARTS) is 1. The number of fused-ring (bicyclic) bond motifs is 1. The zero-order valence-corrected chi connectivity index (χ0v) is 8.89. The van der Waals surface area contributed by atoms with Crippen LogP contribution in [0, 0.1) is 0 Å². The van der Waals surface area contributed by atoms with Gasteiger partial charge in [0.1, 0.15) is 0 Å². The molecule has 0 bridgehead atoms. The minimum atomic E-state index is -0.738. The van der Waals surface area contributed by atoms with Gasteiger partial charge in [-0.05, 0) is 30.5 Å². The van der Waals surface area contributed by atoms with Crippen molar-refractivity contribution in [1.82, 2.24) is 4.98 Å². The lowest BCUT2D eigenvalue weighted by Gasteiger charge is -2.04. The second-order valence-corrected chi connectivity index (χ2v) is 3.73. The Kier molecular flexibility index (Phi) is 3.15. The first-order valence-corrected chi connectivity index (χ1v) is 5.32. The van der Waals surface area contributed by atoms with Gasteiger partial charge in [-0.1, -0.05) is 18.2 Å². The lowest BCUT2D eigenvalue weighted by Crippen LogP contribution is -1.96. The highest BCUT2D eigenvalue weighted by molar-refractivity contribution is 5.81. The summed E-state index contributed by atoms with van der Waals surface area (Å²) in [5.74, 6) is -0.738. The lowest BCUT2D eigenvalue weighted by atomic mass is 10.0. The molecule has 16 heavy (non-hydrogen) atoms. The predicted octanol–water partition coefficient (Wildman–Crippen LogP) is 2.64. The molecule has 3 heteroatoms. The van der Waals surface area contributed by atoms with Crippen molar-refractivity contribution in [1.29, 1.82) is 0 Å². The summed E-state index contributed by atoms with van der Waals surface area (Å²) in [7, 11) is 0. The third-order valence-electron chi connectivity index (χ3n) is 2.57. The second-order valence-electron chi connectivity index (χ2n) is 3.73. The highest BCUT2D eigenvalue weighted by Gasteiger charge is 2.02. The van der Waals surface area contributed by atoms with E-state index in [0.29, 0.717) is 6.42 Å². The molecule has 0 saturated heterocycles. The molecule has 0 amide bonds. The molecule has 2 rings (SSSR count). The van der Waals surface area contributed by atoms with Crippen LogP contribution in [0.4, 0.5) is 0 Å². The van der Waals surface area contributed by atoms with E-state index < -0.39 is 5.97 Å². The standard InChI is InChI=1S/C13H13NO2/c15-13(16)8-2-5-10-4-1-7-12-11(10)6-3-9-14-12/h1,3-4,6-7,9H,2,5,8H2,(H,15,16). The molecule has 1 heterocycles. The number of benzene rings is 1. The Hall–Kier alpha value is -1.90. The van der Waals surface area contributed by atoms with Crippen molar-refractivity contribution < 1.29 is 9.90 Å². The number of aliphatic carboxylic acids is 1. The van der Waals surface area contributed by atoms with E-state index in [1.54, 1.807) is 6.20 Å². The van der Waals surface area contributed by atoms with Crippen molar-refractivity contribution in [2.24, 2.45) is 0 Å². The van der Waals surface area contributed by atoms with Crippen LogP contribution in [-0.4, -0.2) is 16.1 Å². The van der Waals surface area contributed by atoms with Gasteiger partial charge in [0.15, 0.2) is 0 Å². The van der Waals surface area contributed by atoms with Crippen molar-refractivity contribution in [3.8, 4) is 0 Å². The molecule has 0 saturated carbocycles. The van der Waals surface area contributed by atoms with Crippen molar-refractivity contribution in [2.45, 2.75) is 19.3 Å². The van der Waals surface area contributed by atoms with Crippen molar-refractivity contribution in [3.05, 3.63) is 42.1 Å². The minimum Gasteiger partial charge on any atom is -0.481 e. The van der Waals surface area contributed by atoms with E-state index in [2.05, 4.69) is 4.98 Å². The summed E-state index contributed by atoms with van der Waals surface area (Å²) in [6, 6.07) is 9.90. The fourth-order valence-electron chi connectivity index (χ4n) is 1.82. The van der Waals surface area contributed by atoms with Crippen LogP contribution in [0.5, 0.6) is 0 Å². The number of carbonyl (C=O) groups is 1. The Morgan fingerprint density at radius 2 is 2.12 bits per heavy atom. The summed E-state index contributed by atoms with van der Waals surface area (Å²) in [5.41, 5.74) is 2.14. The smallest absolute Gasteiger partial charge is 0.303 e. The highest BCUT2D eigenvalue weighted by Crippen LogP contribution is 2.18. The van der Waals surface area contributed by atoms with Crippen LogP contribution in [0.2, 0.25) is 0 Å². The molecular weight excluding hydrogens is 202 g/mol. The van der Waals surface area contributed by atoms with Crippen LogP contribution < -0.4 is 0 Å². The fourth-order valence-corrected chi connectivity index (χ4v) is 1.82. The zero-order valence-electron chi connectivity index (χ0n) is 8.89. The molecular formula is C13H13NO2. The first kappa shape index (κ1) is 10.6. The van der Waals surface area contributed by atoms with E-state index in [1.807, 2.05) is 30.3 Å². The Bertz CT molecular complexity index is 503. The maximum absolute atomic E-state index is 10.4. The maximum Gasteiger partial charge on any atom is 0.303 e. The van der Waals surface area contributed by atoms with Gasteiger partial charge < -0.3 is 5.11 Å². The maximum atomic E-state index is 10.4. The third kappa shape index (κ3) is 2.37. The van der Waals surface area contributed by atoms with Gasteiger partial charge in [0.2, 0.25) is 0 Å². The first-order chi connectivity index (χ1) is 7.77. The molecule has 0 aliphatic carbocycles. The number of aryl methyl sites for hydroxylation is 1. The van der Waals surface area contributed by atoms with Crippen LogP contribution in [0.15, 0.2) is 36.5 Å². The van der Waals surface area contributed by atoms with Gasteiger partial charge in [-0.2, -0.15) is 0 Å². The van der Waals surface area contributed by atoms with Crippen molar-refractivity contribution in [3.63, 3.8) is 0 Å². The van der Waals surface area contributed by atoms with Crippen LogP contribution in [0.1, 0.15) is 18.4 Å². The molecule has 1 aromatic heterocycles. The number of rotatable bonds is 4. The minimum absolute atomic E-state index is 0.219. The van der Waals surface area contributed by atoms with Gasteiger partial charge >= 0.3 is 5.97 Å². The summed E-state index contributed by atoms with van der Waals surface area (Å²) in [4.78, 5) is 14.7. The summed E-state index contributed by atoms with van der Waals surface area (Å²) in [6.07, 6.45) is 3.44. The van der Waals surface area contributed by atoms with E-state index in [1.165, 1.54) is 5.56 Å². The number of hydrogen-bond acceptors (Lipinski definition) is 2. The molecule has 2 aromatic rings. The molecule has 3 nitrogen and oxygen atoms in total. The van der Waals surface area contributed by atoms with Crippen LogP contribution in [0.3, 0.4) is 0 Å². The summed E-state index contributed by atoms with van der Waals surface area (Å²) in [6.45, 7) is 0. The molecule has 82 valence electrons. The first-order valence-electron chi connectivity index (χ1n) is 5.32. The highest BCUT2D eigenvalue weighted by atomic mass is 16.4. The Morgan fingerprint density at radius 1 is 1.25 bits per heavy atom. The van der Waals surface area contributed by atoms with Crippen LogP contribution in [0.25, 0.3) is 10.9 Å². The summed E-state index contributed by atoms with van der Waals surface area (Å²) < 4.78 is 0. The number of aromatic nitrogens is 1. The molecule has 0 aliphatic rings. The monoisotopic (exact) mass is 215 g/mol. The topological polar surface area (TPSA) is 50.2 Å². The van der Waals surface area contributed by atoms with E-state index in [4.69, 9.17) is 5.11 Å². The molecule has 1 N–H and O–H groups in total. The van der Waals surface area contributed by atoms with E-state index in [-0.39, 0.29) is 6.42 Å². The molecule has 0 spiro atoms. The molecule has 0 unspecified atom stereocenters. The number of pyridine rings is 1. The SMILES string of the molecule is O=C(O)CCCc1cccc2ncccc12. The third-order valence-corrected chi connectivity index (χ3v) is 2.57. The van der Waals surface area contributed by atoms with Crippen LogP contribution >= 0.6 is 0 Å². The quantitative estimate of drug-likeness (QED) is 0.852. The number of nitrogens with zero attached hydrogens (tertiary/aromatic N) is 1. The van der Waals surface area contributed by atoms with Crippen molar-refractivity contribution >= 4 is 16.9 Å². The molecule has 0 fully saturated rings. The fraction of sp³-hybridized carbons (Fsp3) is 0.231. The van der Waals surface area contributed by atoms with Gasteiger partial charge in [0, 0.05) is 18.0 Å². The zero-order chi connectivity index (χ0) is 11.4. The van der Waals surface area contributed by atoms with Gasteiger partial charge in [0.25, 0.3) is 0 Å². The van der Waals surface area contributed by atoms with E-state index in [9.17, 15) is 4.79 Å². The summed E-state index contributed by atoms with van der Waals surface area (Å²) >= 11 is 0. The second kappa shape index (κ2) is 4.75. The Morgan fingerprint density at radius 3 is 2.94 bits per heavy atom. The van der Waals surface area contributed by atoms with E-state index in [0.717, 1.165) is 17.3 Å². The predicted molar refractivity (Wildman–Crippen MR) is 62.3 cm³/mol. The number of hydrogen-bond donors (Lipinski definition) is 1. The van der Waals surface area contributed by atoms with Gasteiger partial charge in [-0.25, -0.2) is 0 Å². The average Bonchev–Trinajstić information content (AvgIpc) is 2.29. The van der Waals surface area contributed by atoms with Gasteiger partial charge in [-0.15, -0.1) is 0 Å². The van der Waals surface area contributed by atoms with E-state index >= 15 is 0 Å². The van der Waals surface area contributed by atoms with Crippen molar-refractivity contribution in [2.75, 3.05) is 0 Å².